The van der Waals surface area contributed by atoms with E-state index < -0.39 is 22.8 Å². The number of carbonyl (C=O) groups is 2. The van der Waals surface area contributed by atoms with E-state index in [0.29, 0.717) is 0 Å². The molecule has 0 fully saturated rings. The van der Waals surface area contributed by atoms with E-state index in [1.165, 1.54) is 32.2 Å². The van der Waals surface area contributed by atoms with Crippen LogP contribution in [0.3, 0.4) is 0 Å². The second kappa shape index (κ2) is 5.94. The Balaban J connectivity index is 2.88. The molecule has 0 saturated carbocycles. The van der Waals surface area contributed by atoms with Crippen LogP contribution in [0.5, 0.6) is 0 Å². The van der Waals surface area contributed by atoms with E-state index in [-0.39, 0.29) is 17.7 Å². The van der Waals surface area contributed by atoms with Crippen molar-refractivity contribution in [2.75, 3.05) is 7.05 Å². The molecule has 1 aromatic rings. The molecule has 7 nitrogen and oxygen atoms in total. The van der Waals surface area contributed by atoms with Crippen molar-refractivity contribution in [1.29, 1.82) is 0 Å². The molecule has 0 aromatic heterocycles. The number of benzene rings is 1. The first kappa shape index (κ1) is 14.6. The number of amides is 1. The van der Waals surface area contributed by atoms with E-state index >= 15 is 0 Å². The summed E-state index contributed by atoms with van der Waals surface area (Å²) in [6.07, 6.45) is -0.203. The summed E-state index contributed by atoms with van der Waals surface area (Å²) >= 11 is 0. The number of hydrogen-bond donors (Lipinski definition) is 1. The Morgan fingerprint density at radius 1 is 1.42 bits per heavy atom. The van der Waals surface area contributed by atoms with E-state index in [9.17, 15) is 19.7 Å². The summed E-state index contributed by atoms with van der Waals surface area (Å²) in [6.45, 7) is 1.37. The van der Waals surface area contributed by atoms with Gasteiger partial charge in [-0.1, -0.05) is 18.2 Å². The highest BCUT2D eigenvalue weighted by atomic mass is 16.6. The third-order valence-electron chi connectivity index (χ3n) is 2.86. The van der Waals surface area contributed by atoms with Gasteiger partial charge in [0.25, 0.3) is 5.69 Å². The minimum Gasteiger partial charge on any atom is -0.480 e. The van der Waals surface area contributed by atoms with Crippen LogP contribution in [-0.4, -0.2) is 39.9 Å². The maximum atomic E-state index is 11.9. The fourth-order valence-corrected chi connectivity index (χ4v) is 1.51. The summed E-state index contributed by atoms with van der Waals surface area (Å²) < 4.78 is 0. The van der Waals surface area contributed by atoms with Crippen LogP contribution in [0, 0.1) is 10.1 Å². The van der Waals surface area contributed by atoms with E-state index in [4.69, 9.17) is 5.11 Å². The molecule has 1 atom stereocenters. The van der Waals surface area contributed by atoms with E-state index in [1.807, 2.05) is 0 Å². The van der Waals surface area contributed by atoms with Crippen LogP contribution < -0.4 is 0 Å². The lowest BCUT2D eigenvalue weighted by atomic mass is 10.1. The van der Waals surface area contributed by atoms with Crippen molar-refractivity contribution in [3.63, 3.8) is 0 Å². The van der Waals surface area contributed by atoms with Crippen LogP contribution in [0.25, 0.3) is 0 Å². The van der Waals surface area contributed by atoms with Crippen LogP contribution in [0.1, 0.15) is 12.5 Å². The number of carboxylic acid groups (broad SMARTS) is 1. The molecule has 0 aliphatic heterocycles. The first-order valence-electron chi connectivity index (χ1n) is 5.55. The summed E-state index contributed by atoms with van der Waals surface area (Å²) in [5.41, 5.74) is 0.120. The minimum atomic E-state index is -1.13. The number of aliphatic carboxylic acids is 1. The fraction of sp³-hybridized carbons (Fsp3) is 0.333. The fourth-order valence-electron chi connectivity index (χ4n) is 1.51. The van der Waals surface area contributed by atoms with Gasteiger partial charge in [-0.05, 0) is 6.92 Å². The van der Waals surface area contributed by atoms with Gasteiger partial charge in [0.2, 0.25) is 5.91 Å². The Morgan fingerprint density at radius 2 is 2.00 bits per heavy atom. The smallest absolute Gasteiger partial charge is 0.326 e. The second-order valence-corrected chi connectivity index (χ2v) is 4.08. The highest BCUT2D eigenvalue weighted by molar-refractivity contribution is 5.85. The summed E-state index contributed by atoms with van der Waals surface area (Å²) in [6, 6.07) is 4.92. The van der Waals surface area contributed by atoms with Crippen molar-refractivity contribution >= 4 is 17.6 Å². The molecule has 0 saturated heterocycles. The number of carbonyl (C=O) groups excluding carboxylic acids is 1. The van der Waals surface area contributed by atoms with Gasteiger partial charge in [-0.25, -0.2) is 4.79 Å². The lowest BCUT2D eigenvalue weighted by Crippen LogP contribution is -2.41. The van der Waals surface area contributed by atoms with Gasteiger partial charge >= 0.3 is 5.97 Å². The van der Waals surface area contributed by atoms with Crippen molar-refractivity contribution in [3.05, 3.63) is 39.9 Å². The molecule has 1 unspecified atom stereocenters. The summed E-state index contributed by atoms with van der Waals surface area (Å²) in [5.74, 6) is -1.61. The first-order chi connectivity index (χ1) is 8.84. The van der Waals surface area contributed by atoms with Crippen molar-refractivity contribution < 1.29 is 19.6 Å². The third kappa shape index (κ3) is 3.51. The quantitative estimate of drug-likeness (QED) is 0.634. The molecule has 0 spiro atoms. The number of nitro groups is 1. The molecule has 0 aliphatic carbocycles. The molecule has 1 aromatic carbocycles. The predicted molar refractivity (Wildman–Crippen MR) is 66.7 cm³/mol. The number of nitrogens with zero attached hydrogens (tertiary/aromatic N) is 2. The Bertz CT molecular complexity index is 515. The summed E-state index contributed by atoms with van der Waals surface area (Å²) in [7, 11) is 1.36. The summed E-state index contributed by atoms with van der Waals surface area (Å²) in [4.78, 5) is 33.9. The van der Waals surface area contributed by atoms with Crippen molar-refractivity contribution in [1.82, 2.24) is 4.90 Å². The predicted octanol–water partition coefficient (Wildman–Crippen LogP) is 1.07. The van der Waals surface area contributed by atoms with Gasteiger partial charge in [0, 0.05) is 18.7 Å². The van der Waals surface area contributed by atoms with Crippen LogP contribution in [-0.2, 0) is 16.0 Å². The number of para-hydroxylation sites is 1. The molecule has 1 rings (SSSR count). The maximum Gasteiger partial charge on any atom is 0.326 e. The molecule has 102 valence electrons. The molecule has 1 amide bonds. The molecule has 1 N–H and O–H groups in total. The number of rotatable bonds is 5. The zero-order chi connectivity index (χ0) is 14.6. The zero-order valence-electron chi connectivity index (χ0n) is 10.6. The van der Waals surface area contributed by atoms with Crippen LogP contribution in [0.4, 0.5) is 5.69 Å². The molecule has 0 heterocycles. The van der Waals surface area contributed by atoms with Gasteiger partial charge in [-0.2, -0.15) is 0 Å². The molecule has 7 heteroatoms. The van der Waals surface area contributed by atoms with Crippen molar-refractivity contribution in [2.24, 2.45) is 0 Å². The lowest BCUT2D eigenvalue weighted by molar-refractivity contribution is -0.385. The summed E-state index contributed by atoms with van der Waals surface area (Å²) in [5, 5.41) is 19.6. The van der Waals surface area contributed by atoms with Gasteiger partial charge in [-0.3, -0.25) is 14.9 Å². The van der Waals surface area contributed by atoms with Gasteiger partial charge in [0.15, 0.2) is 0 Å². The SMILES string of the molecule is CC(C(=O)O)N(C)C(=O)Cc1ccccc1[N+](=O)[O-]. The molecule has 0 bridgehead atoms. The minimum absolute atomic E-state index is 0.146. The number of likely N-dealkylation sites (N-methyl/N-ethyl adjacent to an activating group) is 1. The first-order valence-corrected chi connectivity index (χ1v) is 5.55. The highest BCUT2D eigenvalue weighted by Crippen LogP contribution is 2.18. The van der Waals surface area contributed by atoms with Gasteiger partial charge in [-0.15, -0.1) is 0 Å². The Kier molecular flexibility index (Phi) is 4.57. The number of nitro benzene ring substituents is 1. The van der Waals surface area contributed by atoms with Gasteiger partial charge in [0.05, 0.1) is 11.3 Å². The normalized spacial score (nSPS) is 11.7. The number of hydrogen-bond acceptors (Lipinski definition) is 4. The highest BCUT2D eigenvalue weighted by Gasteiger charge is 2.24. The van der Waals surface area contributed by atoms with Gasteiger partial charge in [0.1, 0.15) is 6.04 Å². The van der Waals surface area contributed by atoms with Crippen molar-refractivity contribution in [2.45, 2.75) is 19.4 Å². The second-order valence-electron chi connectivity index (χ2n) is 4.08. The van der Waals surface area contributed by atoms with Crippen LogP contribution in [0.15, 0.2) is 24.3 Å². The van der Waals surface area contributed by atoms with E-state index in [1.54, 1.807) is 6.07 Å². The largest absolute Gasteiger partial charge is 0.480 e. The molecule has 0 aliphatic rings. The Morgan fingerprint density at radius 3 is 2.53 bits per heavy atom. The number of carboxylic acids is 1. The monoisotopic (exact) mass is 266 g/mol. The van der Waals surface area contributed by atoms with E-state index in [0.717, 1.165) is 4.90 Å². The van der Waals surface area contributed by atoms with E-state index in [2.05, 4.69) is 0 Å². The zero-order valence-corrected chi connectivity index (χ0v) is 10.6. The van der Waals surface area contributed by atoms with Crippen LogP contribution in [0.2, 0.25) is 0 Å². The van der Waals surface area contributed by atoms with Crippen molar-refractivity contribution in [3.8, 4) is 0 Å². The van der Waals surface area contributed by atoms with Crippen LogP contribution >= 0.6 is 0 Å². The standard InChI is InChI=1S/C12H14N2O5/c1-8(12(16)17)13(2)11(15)7-9-5-3-4-6-10(9)14(18)19/h3-6,8H,7H2,1-2H3,(H,16,17). The maximum absolute atomic E-state index is 11.9. The topological polar surface area (TPSA) is 101 Å². The molecular formula is C12H14N2O5. The Hall–Kier alpha value is -2.44. The third-order valence-corrected chi connectivity index (χ3v) is 2.86. The lowest BCUT2D eigenvalue weighted by Gasteiger charge is -2.21. The average molecular weight is 266 g/mol. The molecular weight excluding hydrogens is 252 g/mol. The Labute approximate surface area is 109 Å². The van der Waals surface area contributed by atoms with Gasteiger partial charge < -0.3 is 10.0 Å². The molecule has 19 heavy (non-hydrogen) atoms. The average Bonchev–Trinajstić information content (AvgIpc) is 2.37. The molecule has 0 radical (unpaired) electrons.